The third-order valence-electron chi connectivity index (χ3n) is 2.43. The van der Waals surface area contributed by atoms with E-state index in [9.17, 15) is 0 Å². The van der Waals surface area contributed by atoms with Crippen LogP contribution >= 0.6 is 0 Å². The fourth-order valence-corrected chi connectivity index (χ4v) is 1.49. The number of anilines is 2. The first-order chi connectivity index (χ1) is 8.79. The van der Waals surface area contributed by atoms with Gasteiger partial charge in [-0.05, 0) is 13.3 Å². The zero-order valence-corrected chi connectivity index (χ0v) is 10.2. The van der Waals surface area contributed by atoms with Crippen LogP contribution in [0.15, 0.2) is 18.6 Å². The minimum atomic E-state index is 0.402. The quantitative estimate of drug-likeness (QED) is 0.380. The van der Waals surface area contributed by atoms with E-state index < -0.39 is 0 Å². The lowest BCUT2D eigenvalue weighted by Gasteiger charge is -2.09. The van der Waals surface area contributed by atoms with Crippen molar-refractivity contribution in [1.29, 1.82) is 0 Å². The lowest BCUT2D eigenvalue weighted by atomic mass is 10.3. The molecular weight excluding hydrogens is 232 g/mol. The molecule has 0 spiro atoms. The summed E-state index contributed by atoms with van der Waals surface area (Å²) >= 11 is 0. The SMILES string of the molecule is Cc1cnc(NN)nc1NCCCn1ccnn1. The number of nitrogens with zero attached hydrogens (tertiary/aromatic N) is 5. The molecule has 0 aliphatic rings. The molecular formula is C10H16N8. The summed E-state index contributed by atoms with van der Waals surface area (Å²) in [5.74, 6) is 6.46. The van der Waals surface area contributed by atoms with Crippen molar-refractivity contribution in [2.45, 2.75) is 19.9 Å². The number of hydrogen-bond acceptors (Lipinski definition) is 7. The van der Waals surface area contributed by atoms with Crippen molar-refractivity contribution in [1.82, 2.24) is 25.0 Å². The summed E-state index contributed by atoms with van der Waals surface area (Å²) in [6.07, 6.45) is 6.16. The Morgan fingerprint density at radius 1 is 1.44 bits per heavy atom. The minimum Gasteiger partial charge on any atom is -0.370 e. The fraction of sp³-hybridized carbons (Fsp3) is 0.400. The maximum absolute atomic E-state index is 5.27. The molecule has 0 atom stereocenters. The van der Waals surface area contributed by atoms with Crippen LogP contribution in [0.4, 0.5) is 11.8 Å². The van der Waals surface area contributed by atoms with Crippen LogP contribution in [0.25, 0.3) is 0 Å². The van der Waals surface area contributed by atoms with Crippen molar-refractivity contribution in [3.63, 3.8) is 0 Å². The number of hydrogen-bond donors (Lipinski definition) is 3. The highest BCUT2D eigenvalue weighted by Crippen LogP contribution is 2.11. The summed E-state index contributed by atoms with van der Waals surface area (Å²) in [5.41, 5.74) is 3.40. The molecule has 18 heavy (non-hydrogen) atoms. The van der Waals surface area contributed by atoms with Crippen molar-refractivity contribution in [3.05, 3.63) is 24.2 Å². The zero-order valence-electron chi connectivity index (χ0n) is 10.2. The van der Waals surface area contributed by atoms with Gasteiger partial charge in [0.1, 0.15) is 5.82 Å². The van der Waals surface area contributed by atoms with Gasteiger partial charge in [0.15, 0.2) is 0 Å². The Morgan fingerprint density at radius 2 is 2.33 bits per heavy atom. The van der Waals surface area contributed by atoms with Gasteiger partial charge in [-0.25, -0.2) is 10.8 Å². The van der Waals surface area contributed by atoms with Crippen molar-refractivity contribution >= 4 is 11.8 Å². The van der Waals surface area contributed by atoms with Crippen LogP contribution < -0.4 is 16.6 Å². The molecule has 2 heterocycles. The molecule has 0 radical (unpaired) electrons. The fourth-order valence-electron chi connectivity index (χ4n) is 1.49. The summed E-state index contributed by atoms with van der Waals surface area (Å²) in [7, 11) is 0. The average Bonchev–Trinajstić information content (AvgIpc) is 2.89. The van der Waals surface area contributed by atoms with Crippen LogP contribution in [0.5, 0.6) is 0 Å². The molecule has 2 aromatic rings. The predicted octanol–water partition coefficient (Wildman–Crippen LogP) is 0.164. The van der Waals surface area contributed by atoms with Gasteiger partial charge in [-0.15, -0.1) is 5.10 Å². The molecule has 0 aromatic carbocycles. The number of aromatic nitrogens is 5. The topological polar surface area (TPSA) is 107 Å². The van der Waals surface area contributed by atoms with Crippen LogP contribution in [0.3, 0.4) is 0 Å². The molecule has 0 saturated carbocycles. The third kappa shape index (κ3) is 3.14. The maximum atomic E-state index is 5.27. The van der Waals surface area contributed by atoms with Gasteiger partial charge in [-0.2, -0.15) is 4.98 Å². The lowest BCUT2D eigenvalue weighted by molar-refractivity contribution is 0.569. The molecule has 0 unspecified atom stereocenters. The van der Waals surface area contributed by atoms with Crippen LogP contribution in [-0.2, 0) is 6.54 Å². The van der Waals surface area contributed by atoms with E-state index in [1.54, 1.807) is 17.1 Å². The van der Waals surface area contributed by atoms with Gasteiger partial charge in [-0.3, -0.25) is 10.1 Å². The highest BCUT2D eigenvalue weighted by Gasteiger charge is 2.02. The molecule has 0 aliphatic carbocycles. The first-order valence-electron chi connectivity index (χ1n) is 5.68. The number of hydrazine groups is 1. The minimum absolute atomic E-state index is 0.402. The molecule has 2 aromatic heterocycles. The number of nitrogens with one attached hydrogen (secondary N) is 2. The van der Waals surface area contributed by atoms with E-state index in [-0.39, 0.29) is 0 Å². The summed E-state index contributed by atoms with van der Waals surface area (Å²) in [5, 5.41) is 10.9. The Morgan fingerprint density at radius 3 is 3.06 bits per heavy atom. The van der Waals surface area contributed by atoms with E-state index in [0.29, 0.717) is 5.95 Å². The molecule has 0 fully saturated rings. The predicted molar refractivity (Wildman–Crippen MR) is 67.7 cm³/mol. The summed E-state index contributed by atoms with van der Waals surface area (Å²) in [4.78, 5) is 8.25. The van der Waals surface area contributed by atoms with Gasteiger partial charge in [0.25, 0.3) is 0 Å². The van der Waals surface area contributed by atoms with E-state index in [1.807, 2.05) is 13.1 Å². The number of nitrogens with two attached hydrogens (primary N) is 1. The highest BCUT2D eigenvalue weighted by atomic mass is 15.4. The van der Waals surface area contributed by atoms with Crippen LogP contribution in [0, 0.1) is 6.92 Å². The Balaban J connectivity index is 1.82. The molecule has 2 rings (SSSR count). The largest absolute Gasteiger partial charge is 0.370 e. The number of rotatable bonds is 6. The summed E-state index contributed by atoms with van der Waals surface area (Å²) in [6.45, 7) is 3.56. The molecule has 0 amide bonds. The Bertz CT molecular complexity index is 481. The Labute approximate surface area is 105 Å². The molecule has 4 N–H and O–H groups in total. The smallest absolute Gasteiger partial charge is 0.239 e. The van der Waals surface area contributed by atoms with Gasteiger partial charge >= 0.3 is 0 Å². The average molecular weight is 248 g/mol. The second-order valence-corrected chi connectivity index (χ2v) is 3.82. The molecule has 96 valence electrons. The monoisotopic (exact) mass is 248 g/mol. The summed E-state index contributed by atoms with van der Waals surface area (Å²) < 4.78 is 1.79. The molecule has 8 nitrogen and oxygen atoms in total. The molecule has 0 bridgehead atoms. The van der Waals surface area contributed by atoms with E-state index in [0.717, 1.165) is 30.9 Å². The Kier molecular flexibility index (Phi) is 4.02. The summed E-state index contributed by atoms with van der Waals surface area (Å²) in [6, 6.07) is 0. The third-order valence-corrected chi connectivity index (χ3v) is 2.43. The van der Waals surface area contributed by atoms with Crippen molar-refractivity contribution < 1.29 is 0 Å². The van der Waals surface area contributed by atoms with E-state index >= 15 is 0 Å². The number of nitrogen functional groups attached to an aromatic ring is 1. The van der Waals surface area contributed by atoms with Crippen molar-refractivity contribution in [3.8, 4) is 0 Å². The van der Waals surface area contributed by atoms with Crippen molar-refractivity contribution in [2.24, 2.45) is 5.84 Å². The molecule has 0 saturated heterocycles. The second kappa shape index (κ2) is 5.92. The highest BCUT2D eigenvalue weighted by molar-refractivity contribution is 5.45. The van der Waals surface area contributed by atoms with Gasteiger partial charge in [0.05, 0.1) is 6.20 Å². The van der Waals surface area contributed by atoms with Crippen LogP contribution in [0.1, 0.15) is 12.0 Å². The second-order valence-electron chi connectivity index (χ2n) is 3.82. The zero-order chi connectivity index (χ0) is 12.8. The lowest BCUT2D eigenvalue weighted by Crippen LogP contribution is -2.14. The normalized spacial score (nSPS) is 10.3. The molecule has 8 heteroatoms. The van der Waals surface area contributed by atoms with Crippen molar-refractivity contribution in [2.75, 3.05) is 17.3 Å². The van der Waals surface area contributed by atoms with Crippen LogP contribution in [-0.4, -0.2) is 31.5 Å². The number of aryl methyl sites for hydroxylation is 2. The van der Waals surface area contributed by atoms with Gasteiger partial charge in [-0.1, -0.05) is 5.21 Å². The first-order valence-corrected chi connectivity index (χ1v) is 5.68. The first kappa shape index (κ1) is 12.2. The van der Waals surface area contributed by atoms with E-state index in [4.69, 9.17) is 5.84 Å². The van der Waals surface area contributed by atoms with E-state index in [1.165, 1.54) is 0 Å². The maximum Gasteiger partial charge on any atom is 0.239 e. The van der Waals surface area contributed by atoms with Gasteiger partial charge in [0.2, 0.25) is 5.95 Å². The molecule has 0 aliphatic heterocycles. The van der Waals surface area contributed by atoms with Gasteiger partial charge in [0, 0.05) is 31.0 Å². The standard InChI is InChI=1S/C10H16N8/c1-8-7-13-10(16-11)15-9(8)12-3-2-5-18-6-4-14-17-18/h4,6-7H,2-3,5,11H2,1H3,(H2,12,13,15,16). The van der Waals surface area contributed by atoms with Crippen LogP contribution in [0.2, 0.25) is 0 Å². The Hall–Kier alpha value is -2.22. The van der Waals surface area contributed by atoms with Gasteiger partial charge < -0.3 is 5.32 Å². The van der Waals surface area contributed by atoms with E-state index in [2.05, 4.69) is 31.0 Å².